The Morgan fingerprint density at radius 3 is 2.40 bits per heavy atom. The van der Waals surface area contributed by atoms with E-state index in [2.05, 4.69) is 4.98 Å². The molecule has 0 saturated carbocycles. The molecule has 3 aromatic rings. The van der Waals surface area contributed by atoms with Gasteiger partial charge in [-0.05, 0) is 42.8 Å². The van der Waals surface area contributed by atoms with Gasteiger partial charge in [-0.3, -0.25) is 10.2 Å². The predicted octanol–water partition coefficient (Wildman–Crippen LogP) is 4.42. The van der Waals surface area contributed by atoms with Crippen molar-refractivity contribution >= 4 is 11.7 Å². The van der Waals surface area contributed by atoms with E-state index in [1.54, 1.807) is 27.1 Å². The van der Waals surface area contributed by atoms with Crippen molar-refractivity contribution in [1.82, 2.24) is 9.88 Å². The second-order valence-corrected chi connectivity index (χ2v) is 7.56. The molecular formula is C24H24F2N4O5. The molecule has 0 bridgehead atoms. The first kappa shape index (κ1) is 25.2. The van der Waals surface area contributed by atoms with E-state index in [9.17, 15) is 9.90 Å². The van der Waals surface area contributed by atoms with Crippen LogP contribution in [0.5, 0.6) is 34.8 Å². The zero-order valence-corrected chi connectivity index (χ0v) is 19.3. The smallest absolute Gasteiger partial charge is 0.263 e. The Bertz CT molecular complexity index is 1270. The molecule has 2 aromatic carbocycles. The SMILES string of the molecule is CCCOc1c(F)c(Oc2cccc(C(=O)N(C)C)c2)nc(Oc2cc(C(=N)N)ccc2O)c1F. The van der Waals surface area contributed by atoms with Crippen LogP contribution in [0.15, 0.2) is 42.5 Å². The molecule has 0 aliphatic carbocycles. The number of nitrogens with two attached hydrogens (primary N) is 1. The molecule has 0 unspecified atom stereocenters. The molecular weight excluding hydrogens is 462 g/mol. The summed E-state index contributed by atoms with van der Waals surface area (Å²) in [5.74, 6) is -5.91. The van der Waals surface area contributed by atoms with Crippen molar-refractivity contribution < 1.29 is 32.9 Å². The fourth-order valence-corrected chi connectivity index (χ4v) is 2.88. The minimum Gasteiger partial charge on any atom is -0.504 e. The van der Waals surface area contributed by atoms with Gasteiger partial charge < -0.3 is 30.0 Å². The van der Waals surface area contributed by atoms with Crippen molar-refractivity contribution in [3.63, 3.8) is 0 Å². The lowest BCUT2D eigenvalue weighted by Crippen LogP contribution is -2.21. The van der Waals surface area contributed by atoms with Crippen LogP contribution in [-0.4, -0.2) is 47.4 Å². The molecule has 0 aliphatic rings. The number of phenols is 1. The summed E-state index contributed by atoms with van der Waals surface area (Å²) in [6.07, 6.45) is 0.462. The first-order valence-corrected chi connectivity index (χ1v) is 10.5. The minimum absolute atomic E-state index is 0.00533. The molecule has 35 heavy (non-hydrogen) atoms. The van der Waals surface area contributed by atoms with E-state index in [0.717, 1.165) is 0 Å². The Morgan fingerprint density at radius 1 is 1.09 bits per heavy atom. The lowest BCUT2D eigenvalue weighted by molar-refractivity contribution is 0.0827. The van der Waals surface area contributed by atoms with Crippen LogP contribution in [0.25, 0.3) is 0 Å². The first-order valence-electron chi connectivity index (χ1n) is 10.5. The largest absolute Gasteiger partial charge is 0.504 e. The van der Waals surface area contributed by atoms with Gasteiger partial charge in [0.05, 0.1) is 6.61 Å². The van der Waals surface area contributed by atoms with Crippen LogP contribution in [0.4, 0.5) is 8.78 Å². The Kier molecular flexibility index (Phi) is 7.69. The van der Waals surface area contributed by atoms with Gasteiger partial charge in [0.1, 0.15) is 11.6 Å². The number of hydrogen-bond acceptors (Lipinski definition) is 7. The molecule has 0 fully saturated rings. The zero-order valence-electron chi connectivity index (χ0n) is 19.3. The summed E-state index contributed by atoms with van der Waals surface area (Å²) in [4.78, 5) is 17.4. The fourth-order valence-electron chi connectivity index (χ4n) is 2.88. The number of carbonyl (C=O) groups is 1. The van der Waals surface area contributed by atoms with Gasteiger partial charge in [-0.2, -0.15) is 13.8 Å². The Morgan fingerprint density at radius 2 is 1.77 bits per heavy atom. The highest BCUT2D eigenvalue weighted by molar-refractivity contribution is 5.95. The number of halogens is 2. The number of nitrogen functional groups attached to an aromatic ring is 1. The van der Waals surface area contributed by atoms with E-state index in [1.807, 2.05) is 0 Å². The topological polar surface area (TPSA) is 131 Å². The molecule has 0 spiro atoms. The van der Waals surface area contributed by atoms with Crippen LogP contribution in [0.2, 0.25) is 0 Å². The second-order valence-electron chi connectivity index (χ2n) is 7.56. The van der Waals surface area contributed by atoms with Gasteiger partial charge in [0.2, 0.25) is 17.4 Å². The molecule has 1 heterocycles. The van der Waals surface area contributed by atoms with Crippen LogP contribution in [0, 0.1) is 17.0 Å². The van der Waals surface area contributed by atoms with Crippen LogP contribution < -0.4 is 19.9 Å². The van der Waals surface area contributed by atoms with Crippen LogP contribution in [0.3, 0.4) is 0 Å². The Labute approximate surface area is 200 Å². The van der Waals surface area contributed by atoms with Gasteiger partial charge in [0.25, 0.3) is 17.7 Å². The average Bonchev–Trinajstić information content (AvgIpc) is 2.82. The van der Waals surface area contributed by atoms with E-state index < -0.39 is 34.9 Å². The number of amidine groups is 1. The highest BCUT2D eigenvalue weighted by atomic mass is 19.1. The first-order chi connectivity index (χ1) is 16.6. The summed E-state index contributed by atoms with van der Waals surface area (Å²) in [5, 5.41) is 17.6. The average molecular weight is 486 g/mol. The molecule has 0 aliphatic heterocycles. The van der Waals surface area contributed by atoms with Gasteiger partial charge >= 0.3 is 0 Å². The number of rotatable bonds is 9. The summed E-state index contributed by atoms with van der Waals surface area (Å²) in [5.41, 5.74) is 5.93. The number of ether oxygens (including phenoxy) is 3. The summed E-state index contributed by atoms with van der Waals surface area (Å²) in [7, 11) is 3.16. The van der Waals surface area contributed by atoms with Crippen molar-refractivity contribution in [2.24, 2.45) is 5.73 Å². The van der Waals surface area contributed by atoms with Gasteiger partial charge in [0, 0.05) is 25.2 Å². The highest BCUT2D eigenvalue weighted by Gasteiger charge is 2.26. The summed E-state index contributed by atoms with van der Waals surface area (Å²) in [6.45, 7) is 1.75. The maximum atomic E-state index is 15.1. The van der Waals surface area contributed by atoms with E-state index in [-0.39, 0.29) is 41.0 Å². The zero-order chi connectivity index (χ0) is 25.7. The monoisotopic (exact) mass is 486 g/mol. The quantitative estimate of drug-likeness (QED) is 0.301. The second kappa shape index (κ2) is 10.7. The number of hydrogen-bond donors (Lipinski definition) is 3. The van der Waals surface area contributed by atoms with Gasteiger partial charge in [-0.15, -0.1) is 0 Å². The highest BCUT2D eigenvalue weighted by Crippen LogP contribution is 2.39. The maximum absolute atomic E-state index is 15.1. The molecule has 3 rings (SSSR count). The van der Waals surface area contributed by atoms with Crippen molar-refractivity contribution in [1.29, 1.82) is 5.41 Å². The molecule has 4 N–H and O–H groups in total. The number of phenolic OH excluding ortho intramolecular Hbond substituents is 1. The van der Waals surface area contributed by atoms with Crippen molar-refractivity contribution in [3.05, 3.63) is 65.2 Å². The molecule has 1 aromatic heterocycles. The van der Waals surface area contributed by atoms with Crippen LogP contribution in [0.1, 0.15) is 29.3 Å². The van der Waals surface area contributed by atoms with Crippen LogP contribution >= 0.6 is 0 Å². The van der Waals surface area contributed by atoms with E-state index in [1.165, 1.54) is 41.3 Å². The van der Waals surface area contributed by atoms with Gasteiger partial charge in [-0.1, -0.05) is 13.0 Å². The number of pyridine rings is 1. The van der Waals surface area contributed by atoms with Crippen molar-refractivity contribution in [3.8, 4) is 34.8 Å². The minimum atomic E-state index is -1.26. The van der Waals surface area contributed by atoms with Gasteiger partial charge in [0.15, 0.2) is 11.5 Å². The van der Waals surface area contributed by atoms with E-state index in [4.69, 9.17) is 25.4 Å². The number of amides is 1. The lowest BCUT2D eigenvalue weighted by atomic mass is 10.2. The lowest BCUT2D eigenvalue weighted by Gasteiger charge is -2.16. The fraction of sp³-hybridized carbons (Fsp3) is 0.208. The molecule has 0 radical (unpaired) electrons. The van der Waals surface area contributed by atoms with Crippen molar-refractivity contribution in [2.45, 2.75) is 13.3 Å². The summed E-state index contributed by atoms with van der Waals surface area (Å²) < 4.78 is 46.4. The third-order valence-corrected chi connectivity index (χ3v) is 4.61. The van der Waals surface area contributed by atoms with E-state index >= 15 is 8.78 Å². The standard InChI is InChI=1S/C24H24F2N4O5/c1-4-10-33-20-18(25)22(34-15-7-5-6-14(11-15)24(32)30(2)3)29-23(19(20)26)35-17-12-13(21(27)28)8-9-16(17)31/h5-9,11-12,31H,4,10H2,1-3H3,(H3,27,28). The molecule has 184 valence electrons. The predicted molar refractivity (Wildman–Crippen MR) is 124 cm³/mol. The van der Waals surface area contributed by atoms with Gasteiger partial charge in [-0.25, -0.2) is 0 Å². The third-order valence-electron chi connectivity index (χ3n) is 4.61. The number of nitrogens with zero attached hydrogens (tertiary/aromatic N) is 2. The third kappa shape index (κ3) is 5.75. The number of aromatic hydroxyl groups is 1. The van der Waals surface area contributed by atoms with Crippen LogP contribution in [-0.2, 0) is 0 Å². The number of aromatic nitrogens is 1. The molecule has 1 amide bonds. The number of carbonyl (C=O) groups excluding carboxylic acids is 1. The summed E-state index contributed by atoms with van der Waals surface area (Å²) >= 11 is 0. The normalized spacial score (nSPS) is 10.5. The Balaban J connectivity index is 2.05. The van der Waals surface area contributed by atoms with E-state index in [0.29, 0.717) is 6.42 Å². The number of nitrogens with one attached hydrogen (secondary N) is 1. The molecule has 0 atom stereocenters. The molecule has 0 saturated heterocycles. The molecule has 9 nitrogen and oxygen atoms in total. The van der Waals surface area contributed by atoms with Crippen molar-refractivity contribution in [2.75, 3.05) is 20.7 Å². The number of benzene rings is 2. The Hall–Kier alpha value is -4.41. The summed E-state index contributed by atoms with van der Waals surface area (Å²) in [6, 6.07) is 9.70. The maximum Gasteiger partial charge on any atom is 0.263 e. The molecule has 11 heteroatoms.